The predicted octanol–water partition coefficient (Wildman–Crippen LogP) is 3.05. The summed E-state index contributed by atoms with van der Waals surface area (Å²) in [6, 6.07) is 5.92. The summed E-state index contributed by atoms with van der Waals surface area (Å²) in [6.07, 6.45) is 5.78. The Morgan fingerprint density at radius 2 is 1.85 bits per heavy atom. The molecule has 0 spiro atoms. The summed E-state index contributed by atoms with van der Waals surface area (Å²) >= 11 is 0. The highest BCUT2D eigenvalue weighted by Crippen LogP contribution is 2.38. The second-order valence-corrected chi connectivity index (χ2v) is 7.53. The van der Waals surface area contributed by atoms with E-state index in [1.165, 1.54) is 31.4 Å². The largest absolute Gasteiger partial charge is 0.338 e. The summed E-state index contributed by atoms with van der Waals surface area (Å²) in [4.78, 5) is 26.5. The maximum atomic E-state index is 12.9. The van der Waals surface area contributed by atoms with E-state index in [9.17, 15) is 14.0 Å². The molecule has 6 heteroatoms. The lowest BCUT2D eigenvalue weighted by Crippen LogP contribution is -2.55. The van der Waals surface area contributed by atoms with Crippen molar-refractivity contribution in [3.05, 3.63) is 35.6 Å². The van der Waals surface area contributed by atoms with Gasteiger partial charge in [0.2, 0.25) is 5.91 Å². The van der Waals surface area contributed by atoms with Gasteiger partial charge >= 0.3 is 6.03 Å². The fourth-order valence-corrected chi connectivity index (χ4v) is 4.33. The lowest BCUT2D eigenvalue weighted by Gasteiger charge is -2.47. The third kappa shape index (κ3) is 4.54. The Bertz CT molecular complexity index is 634. The van der Waals surface area contributed by atoms with Gasteiger partial charge in [0.05, 0.1) is 6.54 Å². The number of benzene rings is 1. The normalized spacial score (nSPS) is 25.3. The van der Waals surface area contributed by atoms with Gasteiger partial charge in [-0.25, -0.2) is 9.18 Å². The number of nitrogens with zero attached hydrogens (tertiary/aromatic N) is 1. The summed E-state index contributed by atoms with van der Waals surface area (Å²) in [5.41, 5.74) is 0.808. The van der Waals surface area contributed by atoms with Gasteiger partial charge in [-0.05, 0) is 48.8 Å². The van der Waals surface area contributed by atoms with Crippen LogP contribution in [0.5, 0.6) is 0 Å². The number of amides is 3. The molecule has 2 fully saturated rings. The molecule has 1 heterocycles. The molecule has 2 N–H and O–H groups in total. The molecule has 0 radical (unpaired) electrons. The summed E-state index contributed by atoms with van der Waals surface area (Å²) in [7, 11) is 0. The average molecular weight is 361 g/mol. The molecule has 0 aromatic heterocycles. The van der Waals surface area contributed by atoms with Crippen molar-refractivity contribution in [1.29, 1.82) is 0 Å². The molecule has 1 saturated carbocycles. The standard InChI is InChI=1S/C20H28FN3O2/c1-14-10-11-24(18-5-3-2-4-17(14)18)19(25)13-23-20(26)22-12-15-6-8-16(21)9-7-15/h6-9,14,17-18H,2-5,10-13H2,1H3,(H2,22,23,26)/t14-,17+,18+/m1/s1. The first-order valence-corrected chi connectivity index (χ1v) is 9.60. The molecule has 2 aliphatic rings. The van der Waals surface area contributed by atoms with E-state index in [2.05, 4.69) is 17.6 Å². The Morgan fingerprint density at radius 1 is 1.12 bits per heavy atom. The molecule has 0 bridgehead atoms. The maximum Gasteiger partial charge on any atom is 0.315 e. The van der Waals surface area contributed by atoms with Crippen molar-refractivity contribution in [3.63, 3.8) is 0 Å². The molecular formula is C20H28FN3O2. The zero-order valence-corrected chi connectivity index (χ0v) is 15.3. The van der Waals surface area contributed by atoms with Crippen LogP contribution in [-0.2, 0) is 11.3 Å². The zero-order valence-electron chi connectivity index (χ0n) is 15.3. The molecule has 1 aromatic carbocycles. The van der Waals surface area contributed by atoms with Gasteiger partial charge in [0.15, 0.2) is 0 Å². The fraction of sp³-hybridized carbons (Fsp3) is 0.600. The smallest absolute Gasteiger partial charge is 0.315 e. The van der Waals surface area contributed by atoms with Crippen molar-refractivity contribution in [3.8, 4) is 0 Å². The van der Waals surface area contributed by atoms with Crippen LogP contribution < -0.4 is 10.6 Å². The van der Waals surface area contributed by atoms with Crippen LogP contribution in [0.3, 0.4) is 0 Å². The van der Waals surface area contributed by atoms with Crippen LogP contribution in [0.25, 0.3) is 0 Å². The number of piperidine rings is 1. The van der Waals surface area contributed by atoms with Crippen molar-refractivity contribution in [2.45, 2.75) is 51.6 Å². The van der Waals surface area contributed by atoms with Crippen molar-refractivity contribution < 1.29 is 14.0 Å². The molecule has 1 aromatic rings. The fourth-order valence-electron chi connectivity index (χ4n) is 4.33. The highest BCUT2D eigenvalue weighted by molar-refractivity contribution is 5.84. The third-order valence-electron chi connectivity index (χ3n) is 5.82. The van der Waals surface area contributed by atoms with Gasteiger partial charge in [0.25, 0.3) is 0 Å². The van der Waals surface area contributed by atoms with Crippen LogP contribution in [0.4, 0.5) is 9.18 Å². The van der Waals surface area contributed by atoms with Gasteiger partial charge < -0.3 is 15.5 Å². The number of hydrogen-bond acceptors (Lipinski definition) is 2. The zero-order chi connectivity index (χ0) is 18.5. The maximum absolute atomic E-state index is 12.9. The van der Waals surface area contributed by atoms with E-state index in [-0.39, 0.29) is 24.3 Å². The molecule has 142 valence electrons. The lowest BCUT2D eigenvalue weighted by molar-refractivity contribution is -0.137. The minimum absolute atomic E-state index is 0.00531. The number of urea groups is 1. The first-order valence-electron chi connectivity index (χ1n) is 9.60. The van der Waals surface area contributed by atoms with Gasteiger partial charge in [-0.3, -0.25) is 4.79 Å². The van der Waals surface area contributed by atoms with Crippen LogP contribution in [0.15, 0.2) is 24.3 Å². The van der Waals surface area contributed by atoms with Crippen LogP contribution in [0, 0.1) is 17.7 Å². The number of carbonyl (C=O) groups is 2. The van der Waals surface area contributed by atoms with Gasteiger partial charge in [-0.2, -0.15) is 0 Å². The molecule has 3 atom stereocenters. The molecule has 1 saturated heterocycles. The van der Waals surface area contributed by atoms with E-state index in [4.69, 9.17) is 0 Å². The highest BCUT2D eigenvalue weighted by atomic mass is 19.1. The van der Waals surface area contributed by atoms with Crippen molar-refractivity contribution in [2.24, 2.45) is 11.8 Å². The van der Waals surface area contributed by atoms with Crippen molar-refractivity contribution in [1.82, 2.24) is 15.5 Å². The monoisotopic (exact) mass is 361 g/mol. The van der Waals surface area contributed by atoms with E-state index >= 15 is 0 Å². The lowest BCUT2D eigenvalue weighted by atomic mass is 9.72. The van der Waals surface area contributed by atoms with Gasteiger partial charge in [0, 0.05) is 19.1 Å². The highest BCUT2D eigenvalue weighted by Gasteiger charge is 2.39. The van der Waals surface area contributed by atoms with Crippen LogP contribution in [-0.4, -0.2) is 36.0 Å². The molecule has 26 heavy (non-hydrogen) atoms. The average Bonchev–Trinajstić information content (AvgIpc) is 2.66. The SMILES string of the molecule is C[C@@H]1CCN(C(=O)CNC(=O)NCc2ccc(F)cc2)[C@H]2CCCC[C@@H]12. The first kappa shape index (κ1) is 18.7. The number of rotatable bonds is 4. The summed E-state index contributed by atoms with van der Waals surface area (Å²) in [6.45, 7) is 3.41. The Hall–Kier alpha value is -2.11. The minimum Gasteiger partial charge on any atom is -0.338 e. The van der Waals surface area contributed by atoms with Gasteiger partial charge in [-0.15, -0.1) is 0 Å². The van der Waals surface area contributed by atoms with E-state index in [1.807, 2.05) is 4.90 Å². The molecule has 1 aliphatic carbocycles. The number of halogens is 1. The summed E-state index contributed by atoms with van der Waals surface area (Å²) < 4.78 is 12.9. The van der Waals surface area contributed by atoms with Crippen molar-refractivity contribution >= 4 is 11.9 Å². The quantitative estimate of drug-likeness (QED) is 0.866. The molecule has 3 rings (SSSR count). The Kier molecular flexibility index (Phi) is 6.12. The van der Waals surface area contributed by atoms with Gasteiger partial charge in [-0.1, -0.05) is 31.9 Å². The number of hydrogen-bond donors (Lipinski definition) is 2. The van der Waals surface area contributed by atoms with E-state index < -0.39 is 0 Å². The number of nitrogens with one attached hydrogen (secondary N) is 2. The van der Waals surface area contributed by atoms with Gasteiger partial charge in [0.1, 0.15) is 5.82 Å². The predicted molar refractivity (Wildman–Crippen MR) is 97.9 cm³/mol. The molecule has 5 nitrogen and oxygen atoms in total. The molecule has 0 unspecified atom stereocenters. The second-order valence-electron chi connectivity index (χ2n) is 7.53. The molecule has 3 amide bonds. The second kappa shape index (κ2) is 8.52. The Balaban J connectivity index is 1.45. The molecule has 1 aliphatic heterocycles. The summed E-state index contributed by atoms with van der Waals surface area (Å²) in [5, 5.41) is 5.35. The third-order valence-corrected chi connectivity index (χ3v) is 5.82. The topological polar surface area (TPSA) is 61.4 Å². The van der Waals surface area contributed by atoms with Crippen LogP contribution in [0.1, 0.15) is 44.6 Å². The van der Waals surface area contributed by atoms with Crippen LogP contribution >= 0.6 is 0 Å². The Labute approximate surface area is 154 Å². The number of fused-ring (bicyclic) bond motifs is 1. The van der Waals surface area contributed by atoms with E-state index in [0.717, 1.165) is 24.9 Å². The Morgan fingerprint density at radius 3 is 2.62 bits per heavy atom. The molecular weight excluding hydrogens is 333 g/mol. The minimum atomic E-state index is -0.381. The van der Waals surface area contributed by atoms with Crippen molar-refractivity contribution in [2.75, 3.05) is 13.1 Å². The number of carbonyl (C=O) groups excluding carboxylic acids is 2. The van der Waals surface area contributed by atoms with Crippen LogP contribution in [0.2, 0.25) is 0 Å². The van der Waals surface area contributed by atoms with E-state index in [1.54, 1.807) is 12.1 Å². The van der Waals surface area contributed by atoms with E-state index in [0.29, 0.717) is 24.4 Å². The number of likely N-dealkylation sites (tertiary alicyclic amines) is 1. The first-order chi connectivity index (χ1) is 12.5. The summed E-state index contributed by atoms with van der Waals surface area (Å²) in [5.74, 6) is 0.983.